The summed E-state index contributed by atoms with van der Waals surface area (Å²) in [5.74, 6) is 0.644. The van der Waals surface area contributed by atoms with Crippen molar-refractivity contribution in [2.45, 2.75) is 25.8 Å². The fourth-order valence-electron chi connectivity index (χ4n) is 2.85. The van der Waals surface area contributed by atoms with E-state index in [2.05, 4.69) is 11.9 Å². The molecule has 0 saturated carbocycles. The van der Waals surface area contributed by atoms with Gasteiger partial charge in [-0.15, -0.1) is 19.0 Å². The fourth-order valence-corrected chi connectivity index (χ4v) is 2.85. The van der Waals surface area contributed by atoms with Gasteiger partial charge in [-0.25, -0.2) is 0 Å². The van der Waals surface area contributed by atoms with Crippen molar-refractivity contribution < 1.29 is 9.72 Å². The summed E-state index contributed by atoms with van der Waals surface area (Å²) in [6, 6.07) is 6.42. The van der Waals surface area contributed by atoms with Gasteiger partial charge in [0.25, 0.3) is 5.69 Å². The summed E-state index contributed by atoms with van der Waals surface area (Å²) in [6.07, 6.45) is 4.20. The van der Waals surface area contributed by atoms with Gasteiger partial charge in [0.2, 0.25) is 5.91 Å². The summed E-state index contributed by atoms with van der Waals surface area (Å²) in [5, 5.41) is 14.2. The van der Waals surface area contributed by atoms with Gasteiger partial charge in [-0.3, -0.25) is 14.9 Å². The van der Waals surface area contributed by atoms with Crippen molar-refractivity contribution in [2.75, 3.05) is 19.6 Å². The van der Waals surface area contributed by atoms with Crippen LogP contribution in [0.25, 0.3) is 0 Å². The molecule has 132 valence electrons. The maximum absolute atomic E-state index is 12.4. The van der Waals surface area contributed by atoms with Crippen molar-refractivity contribution in [3.8, 4) is 0 Å². The number of amides is 1. The molecule has 1 atom stereocenters. The second-order valence-corrected chi connectivity index (χ2v) is 5.89. The molecule has 1 unspecified atom stereocenters. The molecule has 0 bridgehead atoms. The van der Waals surface area contributed by atoms with Crippen LogP contribution in [0.15, 0.2) is 36.9 Å². The van der Waals surface area contributed by atoms with E-state index in [1.54, 1.807) is 23.1 Å². The van der Waals surface area contributed by atoms with Gasteiger partial charge >= 0.3 is 0 Å². The quantitative estimate of drug-likeness (QED) is 0.443. The molecule has 6 nitrogen and oxygen atoms in total. The number of hydrogen-bond donors (Lipinski definition) is 1. The minimum atomic E-state index is -0.420. The van der Waals surface area contributed by atoms with Crippen LogP contribution in [-0.2, 0) is 11.3 Å². The molecule has 1 aromatic rings. The molecule has 1 aromatic carbocycles. The highest BCUT2D eigenvalue weighted by molar-refractivity contribution is 5.85. The Morgan fingerprint density at radius 1 is 1.50 bits per heavy atom. The molecule has 1 fully saturated rings. The van der Waals surface area contributed by atoms with Crippen LogP contribution in [0.5, 0.6) is 0 Å². The van der Waals surface area contributed by atoms with Gasteiger partial charge in [-0.2, -0.15) is 0 Å². The maximum Gasteiger partial charge on any atom is 0.269 e. The number of carbonyl (C=O) groups excluding carboxylic acids is 1. The summed E-state index contributed by atoms with van der Waals surface area (Å²) in [7, 11) is 0. The fraction of sp³-hybridized carbons (Fsp3) is 0.471. The molecule has 1 amide bonds. The SMILES string of the molecule is C=CCN(Cc1cccc([N+](=O)[O-])c1)C(=O)CCC1CCNC1.Cl. The first-order valence-corrected chi connectivity index (χ1v) is 7.93. The molecule has 0 radical (unpaired) electrons. The van der Waals surface area contributed by atoms with E-state index in [4.69, 9.17) is 0 Å². The number of benzene rings is 1. The zero-order valence-corrected chi connectivity index (χ0v) is 14.5. The summed E-state index contributed by atoms with van der Waals surface area (Å²) < 4.78 is 0. The lowest BCUT2D eigenvalue weighted by molar-refractivity contribution is -0.384. The summed E-state index contributed by atoms with van der Waals surface area (Å²) in [5.41, 5.74) is 0.808. The lowest BCUT2D eigenvalue weighted by Crippen LogP contribution is -2.31. The molecular weight excluding hydrogens is 330 g/mol. The van der Waals surface area contributed by atoms with E-state index in [-0.39, 0.29) is 24.0 Å². The molecule has 0 spiro atoms. The maximum atomic E-state index is 12.4. The number of nitro groups is 1. The second-order valence-electron chi connectivity index (χ2n) is 5.89. The Kier molecular flexibility index (Phi) is 8.43. The van der Waals surface area contributed by atoms with Gasteiger partial charge in [0.15, 0.2) is 0 Å². The first-order chi connectivity index (χ1) is 11.1. The summed E-state index contributed by atoms with van der Waals surface area (Å²) in [4.78, 5) is 24.6. The predicted octanol–water partition coefficient (Wildman–Crippen LogP) is 2.92. The number of non-ortho nitro benzene ring substituents is 1. The van der Waals surface area contributed by atoms with Crippen LogP contribution >= 0.6 is 12.4 Å². The van der Waals surface area contributed by atoms with E-state index in [1.165, 1.54) is 12.1 Å². The molecule has 1 saturated heterocycles. The number of hydrogen-bond acceptors (Lipinski definition) is 4. The minimum Gasteiger partial charge on any atom is -0.335 e. The summed E-state index contributed by atoms with van der Waals surface area (Å²) >= 11 is 0. The van der Waals surface area contributed by atoms with Crippen molar-refractivity contribution in [1.82, 2.24) is 10.2 Å². The largest absolute Gasteiger partial charge is 0.335 e. The number of halogens is 1. The Hall–Kier alpha value is -1.92. The predicted molar refractivity (Wildman–Crippen MR) is 96.2 cm³/mol. The normalized spacial score (nSPS) is 16.2. The molecule has 2 rings (SSSR count). The van der Waals surface area contributed by atoms with Crippen molar-refractivity contribution in [1.29, 1.82) is 0 Å². The molecule has 24 heavy (non-hydrogen) atoms. The van der Waals surface area contributed by atoms with Crippen LogP contribution in [0.4, 0.5) is 5.69 Å². The van der Waals surface area contributed by atoms with Gasteiger partial charge < -0.3 is 10.2 Å². The standard InChI is InChI=1S/C17H23N3O3.ClH/c1-2-10-19(17(21)7-6-14-8-9-18-12-14)13-15-4-3-5-16(11-15)20(22)23;/h2-5,11,14,18H,1,6-10,12-13H2;1H. The Morgan fingerprint density at radius 2 is 2.29 bits per heavy atom. The molecule has 0 aliphatic carbocycles. The average molecular weight is 354 g/mol. The van der Waals surface area contributed by atoms with E-state index in [0.717, 1.165) is 31.5 Å². The topological polar surface area (TPSA) is 75.5 Å². The van der Waals surface area contributed by atoms with E-state index in [1.807, 2.05) is 0 Å². The van der Waals surface area contributed by atoms with Crippen LogP contribution in [0.3, 0.4) is 0 Å². The van der Waals surface area contributed by atoms with Crippen LogP contribution in [0, 0.1) is 16.0 Å². The molecule has 0 aromatic heterocycles. The lowest BCUT2D eigenvalue weighted by atomic mass is 10.0. The van der Waals surface area contributed by atoms with Crippen molar-refractivity contribution in [3.63, 3.8) is 0 Å². The Balaban J connectivity index is 0.00000288. The Bertz CT molecular complexity index is 574. The molecule has 1 aliphatic rings. The Morgan fingerprint density at radius 3 is 2.92 bits per heavy atom. The molecule has 1 N–H and O–H groups in total. The van der Waals surface area contributed by atoms with Crippen molar-refractivity contribution in [2.24, 2.45) is 5.92 Å². The van der Waals surface area contributed by atoms with Crippen molar-refractivity contribution >= 4 is 24.0 Å². The highest BCUT2D eigenvalue weighted by Gasteiger charge is 2.19. The zero-order chi connectivity index (χ0) is 16.7. The monoisotopic (exact) mass is 353 g/mol. The number of carbonyl (C=O) groups is 1. The first kappa shape index (κ1) is 20.1. The van der Waals surface area contributed by atoms with Crippen LogP contribution in [-0.4, -0.2) is 35.4 Å². The van der Waals surface area contributed by atoms with Gasteiger partial charge in [-0.05, 0) is 37.4 Å². The average Bonchev–Trinajstić information content (AvgIpc) is 3.06. The molecule has 7 heteroatoms. The minimum absolute atomic E-state index is 0. The first-order valence-electron chi connectivity index (χ1n) is 7.93. The zero-order valence-electron chi connectivity index (χ0n) is 13.6. The third-order valence-corrected chi connectivity index (χ3v) is 4.13. The van der Waals surface area contributed by atoms with E-state index in [9.17, 15) is 14.9 Å². The number of nitrogens with zero attached hydrogens (tertiary/aromatic N) is 2. The number of nitrogens with one attached hydrogen (secondary N) is 1. The van der Waals surface area contributed by atoms with E-state index < -0.39 is 4.92 Å². The van der Waals surface area contributed by atoms with Crippen LogP contribution < -0.4 is 5.32 Å². The number of rotatable bonds is 8. The van der Waals surface area contributed by atoms with Gasteiger partial charge in [0, 0.05) is 31.6 Å². The van der Waals surface area contributed by atoms with Gasteiger partial charge in [0.05, 0.1) is 4.92 Å². The molecule has 1 aliphatic heterocycles. The highest BCUT2D eigenvalue weighted by atomic mass is 35.5. The van der Waals surface area contributed by atoms with E-state index in [0.29, 0.717) is 25.4 Å². The molecule has 1 heterocycles. The van der Waals surface area contributed by atoms with Crippen LogP contribution in [0.1, 0.15) is 24.8 Å². The second kappa shape index (κ2) is 10.1. The van der Waals surface area contributed by atoms with Gasteiger partial charge in [-0.1, -0.05) is 18.2 Å². The Labute approximate surface area is 148 Å². The summed E-state index contributed by atoms with van der Waals surface area (Å²) in [6.45, 7) is 6.53. The van der Waals surface area contributed by atoms with E-state index >= 15 is 0 Å². The van der Waals surface area contributed by atoms with Gasteiger partial charge in [0.1, 0.15) is 0 Å². The lowest BCUT2D eigenvalue weighted by Gasteiger charge is -2.22. The van der Waals surface area contributed by atoms with Crippen molar-refractivity contribution in [3.05, 3.63) is 52.6 Å². The highest BCUT2D eigenvalue weighted by Crippen LogP contribution is 2.18. The number of nitro benzene ring substituents is 1. The smallest absolute Gasteiger partial charge is 0.269 e. The van der Waals surface area contributed by atoms with Crippen LogP contribution in [0.2, 0.25) is 0 Å². The molecular formula is C17H24ClN3O3. The third kappa shape index (κ3) is 5.94. The third-order valence-electron chi connectivity index (χ3n) is 4.13.